The summed E-state index contributed by atoms with van der Waals surface area (Å²) in [5.41, 5.74) is 0.556. The SMILES string of the molecule is CC1CCCC(C)N1C(=O)COc1ccc(C(=O)NCCCOc2ccccc2)cc1. The van der Waals surface area contributed by atoms with Crippen LogP contribution in [0.5, 0.6) is 11.5 Å². The van der Waals surface area contributed by atoms with Gasteiger partial charge >= 0.3 is 0 Å². The molecule has 0 saturated carbocycles. The van der Waals surface area contributed by atoms with Crippen LogP contribution in [0.4, 0.5) is 0 Å². The number of nitrogens with zero attached hydrogens (tertiary/aromatic N) is 1. The molecule has 0 aliphatic carbocycles. The van der Waals surface area contributed by atoms with E-state index in [0.717, 1.165) is 31.4 Å². The number of carbonyl (C=O) groups is 2. The molecular weight excluding hydrogens is 392 g/mol. The normalized spacial score (nSPS) is 18.3. The van der Waals surface area contributed by atoms with E-state index in [0.29, 0.717) is 24.5 Å². The molecule has 1 fully saturated rings. The predicted molar refractivity (Wildman–Crippen MR) is 120 cm³/mol. The number of hydrogen-bond donors (Lipinski definition) is 1. The molecule has 1 heterocycles. The third-order valence-electron chi connectivity index (χ3n) is 5.58. The van der Waals surface area contributed by atoms with Crippen LogP contribution in [-0.4, -0.2) is 48.6 Å². The molecule has 0 bridgehead atoms. The van der Waals surface area contributed by atoms with Gasteiger partial charge in [-0.2, -0.15) is 0 Å². The zero-order chi connectivity index (χ0) is 22.1. The Kier molecular flexibility index (Phi) is 8.33. The maximum atomic E-state index is 12.6. The summed E-state index contributed by atoms with van der Waals surface area (Å²) in [6.07, 6.45) is 3.96. The van der Waals surface area contributed by atoms with Crippen molar-refractivity contribution in [2.24, 2.45) is 0 Å². The second kappa shape index (κ2) is 11.4. The van der Waals surface area contributed by atoms with Gasteiger partial charge in [-0.1, -0.05) is 18.2 Å². The molecule has 2 aromatic carbocycles. The predicted octanol–water partition coefficient (Wildman–Crippen LogP) is 4.05. The van der Waals surface area contributed by atoms with Crippen LogP contribution in [0.25, 0.3) is 0 Å². The maximum absolute atomic E-state index is 12.6. The van der Waals surface area contributed by atoms with Crippen LogP contribution >= 0.6 is 0 Å². The number of para-hydroxylation sites is 1. The monoisotopic (exact) mass is 424 g/mol. The van der Waals surface area contributed by atoms with E-state index in [1.807, 2.05) is 35.2 Å². The van der Waals surface area contributed by atoms with Crippen LogP contribution in [0.1, 0.15) is 49.9 Å². The number of rotatable bonds is 9. The fourth-order valence-corrected chi connectivity index (χ4v) is 3.92. The van der Waals surface area contributed by atoms with Crippen molar-refractivity contribution in [3.05, 3.63) is 60.2 Å². The first kappa shape index (κ1) is 22.7. The molecule has 1 N–H and O–H groups in total. The van der Waals surface area contributed by atoms with Crippen molar-refractivity contribution in [2.75, 3.05) is 19.8 Å². The van der Waals surface area contributed by atoms with Gasteiger partial charge in [-0.3, -0.25) is 9.59 Å². The van der Waals surface area contributed by atoms with E-state index in [9.17, 15) is 9.59 Å². The highest BCUT2D eigenvalue weighted by atomic mass is 16.5. The maximum Gasteiger partial charge on any atom is 0.260 e. The zero-order valence-corrected chi connectivity index (χ0v) is 18.4. The summed E-state index contributed by atoms with van der Waals surface area (Å²) in [6, 6.07) is 17.0. The van der Waals surface area contributed by atoms with Crippen LogP contribution in [-0.2, 0) is 4.79 Å². The number of amides is 2. The second-order valence-electron chi connectivity index (χ2n) is 8.01. The van der Waals surface area contributed by atoms with Crippen molar-refractivity contribution in [1.82, 2.24) is 10.2 Å². The van der Waals surface area contributed by atoms with Crippen LogP contribution in [0.2, 0.25) is 0 Å². The van der Waals surface area contributed by atoms with Gasteiger partial charge in [0.15, 0.2) is 6.61 Å². The third-order valence-corrected chi connectivity index (χ3v) is 5.58. The number of benzene rings is 2. The summed E-state index contributed by atoms with van der Waals surface area (Å²) in [4.78, 5) is 26.8. The molecule has 1 aliphatic rings. The molecule has 0 radical (unpaired) electrons. The first-order chi connectivity index (χ1) is 15.0. The Morgan fingerprint density at radius 1 is 0.935 bits per heavy atom. The van der Waals surface area contributed by atoms with E-state index in [1.54, 1.807) is 24.3 Å². The summed E-state index contributed by atoms with van der Waals surface area (Å²) in [5, 5.41) is 2.89. The summed E-state index contributed by atoms with van der Waals surface area (Å²) < 4.78 is 11.3. The Bertz CT molecular complexity index is 828. The molecule has 1 aliphatic heterocycles. The van der Waals surface area contributed by atoms with E-state index in [1.165, 1.54) is 0 Å². The van der Waals surface area contributed by atoms with E-state index in [2.05, 4.69) is 19.2 Å². The lowest BCUT2D eigenvalue weighted by Crippen LogP contribution is -2.49. The molecule has 2 aromatic rings. The molecule has 2 unspecified atom stereocenters. The van der Waals surface area contributed by atoms with Gasteiger partial charge in [-0.25, -0.2) is 0 Å². The molecular formula is C25H32N2O4. The third kappa shape index (κ3) is 6.74. The lowest BCUT2D eigenvalue weighted by molar-refractivity contribution is -0.139. The van der Waals surface area contributed by atoms with Crippen molar-refractivity contribution in [1.29, 1.82) is 0 Å². The van der Waals surface area contributed by atoms with Crippen LogP contribution in [0.15, 0.2) is 54.6 Å². The fourth-order valence-electron chi connectivity index (χ4n) is 3.92. The number of hydrogen-bond acceptors (Lipinski definition) is 4. The summed E-state index contributed by atoms with van der Waals surface area (Å²) >= 11 is 0. The largest absolute Gasteiger partial charge is 0.494 e. The first-order valence-electron chi connectivity index (χ1n) is 11.0. The molecule has 1 saturated heterocycles. The van der Waals surface area contributed by atoms with Gasteiger partial charge in [-0.15, -0.1) is 0 Å². The molecule has 6 heteroatoms. The fraction of sp³-hybridized carbons (Fsp3) is 0.440. The van der Waals surface area contributed by atoms with Crippen LogP contribution < -0.4 is 14.8 Å². The smallest absolute Gasteiger partial charge is 0.260 e. The second-order valence-corrected chi connectivity index (χ2v) is 8.01. The van der Waals surface area contributed by atoms with Gasteiger partial charge in [0.05, 0.1) is 6.61 Å². The lowest BCUT2D eigenvalue weighted by Gasteiger charge is -2.38. The van der Waals surface area contributed by atoms with Crippen molar-refractivity contribution in [2.45, 2.75) is 51.6 Å². The van der Waals surface area contributed by atoms with Gasteiger partial charge in [0.25, 0.3) is 11.8 Å². The average Bonchev–Trinajstić information content (AvgIpc) is 2.78. The molecule has 3 rings (SSSR count). The Hall–Kier alpha value is -3.02. The highest BCUT2D eigenvalue weighted by Crippen LogP contribution is 2.23. The average molecular weight is 425 g/mol. The molecule has 166 valence electrons. The standard InChI is InChI=1S/C25H32N2O4/c1-19-8-6-9-20(2)27(19)24(28)18-31-23-14-12-21(13-15-23)25(29)26-16-7-17-30-22-10-4-3-5-11-22/h3-5,10-15,19-20H,6-9,16-18H2,1-2H3,(H,26,29). The van der Waals surface area contributed by atoms with Gasteiger partial charge in [-0.05, 0) is 75.9 Å². The zero-order valence-electron chi connectivity index (χ0n) is 18.4. The minimum atomic E-state index is -0.140. The Balaban J connectivity index is 1.38. The number of piperidine rings is 1. The highest BCUT2D eigenvalue weighted by molar-refractivity contribution is 5.94. The van der Waals surface area contributed by atoms with Crippen molar-refractivity contribution >= 4 is 11.8 Å². The molecule has 2 amide bonds. The Morgan fingerprint density at radius 2 is 1.58 bits per heavy atom. The number of likely N-dealkylation sites (tertiary alicyclic amines) is 1. The molecule has 2 atom stereocenters. The van der Waals surface area contributed by atoms with Crippen molar-refractivity contribution < 1.29 is 19.1 Å². The molecule has 0 spiro atoms. The van der Waals surface area contributed by atoms with Gasteiger partial charge < -0.3 is 19.7 Å². The van der Waals surface area contributed by atoms with Gasteiger partial charge in [0.2, 0.25) is 0 Å². The highest BCUT2D eigenvalue weighted by Gasteiger charge is 2.28. The topological polar surface area (TPSA) is 67.9 Å². The Labute approximate surface area is 184 Å². The number of carbonyl (C=O) groups excluding carboxylic acids is 2. The molecule has 0 aromatic heterocycles. The summed E-state index contributed by atoms with van der Waals surface area (Å²) in [5.74, 6) is 1.28. The lowest BCUT2D eigenvalue weighted by atomic mass is 9.97. The quantitative estimate of drug-likeness (QED) is 0.617. The van der Waals surface area contributed by atoms with Crippen LogP contribution in [0.3, 0.4) is 0 Å². The summed E-state index contributed by atoms with van der Waals surface area (Å²) in [7, 11) is 0. The molecule has 6 nitrogen and oxygen atoms in total. The van der Waals surface area contributed by atoms with E-state index < -0.39 is 0 Å². The van der Waals surface area contributed by atoms with Gasteiger partial charge in [0.1, 0.15) is 11.5 Å². The molecule has 31 heavy (non-hydrogen) atoms. The minimum Gasteiger partial charge on any atom is -0.494 e. The van der Waals surface area contributed by atoms with Gasteiger partial charge in [0, 0.05) is 24.2 Å². The summed E-state index contributed by atoms with van der Waals surface area (Å²) in [6.45, 7) is 5.27. The van der Waals surface area contributed by atoms with Crippen LogP contribution in [0, 0.1) is 0 Å². The minimum absolute atomic E-state index is 0.0132. The number of ether oxygens (including phenoxy) is 2. The van der Waals surface area contributed by atoms with Crippen molar-refractivity contribution in [3.63, 3.8) is 0 Å². The van der Waals surface area contributed by atoms with E-state index >= 15 is 0 Å². The number of nitrogens with one attached hydrogen (secondary N) is 1. The van der Waals surface area contributed by atoms with Crippen molar-refractivity contribution in [3.8, 4) is 11.5 Å². The Morgan fingerprint density at radius 3 is 2.26 bits per heavy atom. The van der Waals surface area contributed by atoms with E-state index in [4.69, 9.17) is 9.47 Å². The first-order valence-corrected chi connectivity index (χ1v) is 11.0. The van der Waals surface area contributed by atoms with E-state index in [-0.39, 0.29) is 30.5 Å².